The molecule has 1 aromatic rings. The Balaban J connectivity index is 2.13. The molecule has 1 atom stereocenters. The van der Waals surface area contributed by atoms with Gasteiger partial charge in [0.1, 0.15) is 5.60 Å². The second kappa shape index (κ2) is 3.82. The topological polar surface area (TPSA) is 46.2 Å². The minimum atomic E-state index is -0.793. The number of hydrogen-bond acceptors (Lipinski definition) is 2. The predicted molar refractivity (Wildman–Crippen MR) is 68.6 cm³/mol. The van der Waals surface area contributed by atoms with Crippen molar-refractivity contribution in [3.05, 3.63) is 35.4 Å². The Kier molecular flexibility index (Phi) is 2.53. The summed E-state index contributed by atoms with van der Waals surface area (Å²) in [5, 5.41) is 11.2. The molecule has 0 saturated heterocycles. The van der Waals surface area contributed by atoms with Crippen molar-refractivity contribution >= 4 is 0 Å². The molecular weight excluding hydrogens is 210 g/mol. The van der Waals surface area contributed by atoms with Crippen LogP contribution in [-0.4, -0.2) is 11.7 Å². The zero-order valence-corrected chi connectivity index (χ0v) is 10.3. The highest BCUT2D eigenvalue weighted by Gasteiger charge is 2.54. The fraction of sp³-hybridized carbons (Fsp3) is 0.600. The van der Waals surface area contributed by atoms with E-state index in [4.69, 9.17) is 5.73 Å². The highest BCUT2D eigenvalue weighted by atomic mass is 16.3. The molecule has 2 heteroatoms. The lowest BCUT2D eigenvalue weighted by Crippen LogP contribution is -2.52. The Labute approximate surface area is 103 Å². The Hall–Kier alpha value is -0.860. The molecule has 3 N–H and O–H groups in total. The van der Waals surface area contributed by atoms with Crippen LogP contribution in [0.1, 0.15) is 43.2 Å². The van der Waals surface area contributed by atoms with Crippen molar-refractivity contribution in [2.45, 2.75) is 44.1 Å². The van der Waals surface area contributed by atoms with Gasteiger partial charge in [0.05, 0.1) is 0 Å². The zero-order valence-electron chi connectivity index (χ0n) is 10.3. The van der Waals surface area contributed by atoms with Gasteiger partial charge in [-0.2, -0.15) is 0 Å². The average Bonchev–Trinajstić information content (AvgIpc) is 2.85. The van der Waals surface area contributed by atoms with Crippen molar-refractivity contribution in [2.24, 2.45) is 11.1 Å². The van der Waals surface area contributed by atoms with Crippen LogP contribution in [0.2, 0.25) is 0 Å². The molecule has 0 bridgehead atoms. The first-order valence-electron chi connectivity index (χ1n) is 6.73. The molecule has 17 heavy (non-hydrogen) atoms. The van der Waals surface area contributed by atoms with Crippen LogP contribution in [0, 0.1) is 5.41 Å². The third-order valence-corrected chi connectivity index (χ3v) is 5.07. The number of aryl methyl sites for hydroxylation is 1. The monoisotopic (exact) mass is 231 g/mol. The number of benzene rings is 1. The standard InChI is InChI=1S/C15H21NO/c16-11-15(17)13-6-2-1-5-12(13)7-10-14(15)8-3-4-9-14/h1-2,5-6,17H,3-4,7-11,16H2. The van der Waals surface area contributed by atoms with Crippen molar-refractivity contribution in [3.63, 3.8) is 0 Å². The maximum atomic E-state index is 11.2. The van der Waals surface area contributed by atoms with Crippen LogP contribution in [0.4, 0.5) is 0 Å². The van der Waals surface area contributed by atoms with E-state index in [2.05, 4.69) is 18.2 Å². The fourth-order valence-corrected chi connectivity index (χ4v) is 4.05. The van der Waals surface area contributed by atoms with Crippen molar-refractivity contribution in [2.75, 3.05) is 6.54 Å². The number of fused-ring (bicyclic) bond motifs is 1. The zero-order chi connectivity index (χ0) is 11.9. The van der Waals surface area contributed by atoms with Crippen molar-refractivity contribution in [1.29, 1.82) is 0 Å². The van der Waals surface area contributed by atoms with Crippen molar-refractivity contribution in [1.82, 2.24) is 0 Å². The molecule has 2 aliphatic rings. The summed E-state index contributed by atoms with van der Waals surface area (Å²) in [6, 6.07) is 8.29. The third kappa shape index (κ3) is 1.40. The summed E-state index contributed by atoms with van der Waals surface area (Å²) in [7, 11) is 0. The minimum absolute atomic E-state index is 0.0517. The molecule has 1 fully saturated rings. The molecule has 1 saturated carbocycles. The molecule has 2 nitrogen and oxygen atoms in total. The van der Waals surface area contributed by atoms with Crippen LogP contribution in [0.5, 0.6) is 0 Å². The molecule has 0 aliphatic heterocycles. The number of aliphatic hydroxyl groups is 1. The van der Waals surface area contributed by atoms with E-state index in [0.717, 1.165) is 31.2 Å². The van der Waals surface area contributed by atoms with Crippen molar-refractivity contribution < 1.29 is 5.11 Å². The van der Waals surface area contributed by atoms with Crippen LogP contribution in [0.3, 0.4) is 0 Å². The van der Waals surface area contributed by atoms with Crippen LogP contribution in [0.15, 0.2) is 24.3 Å². The van der Waals surface area contributed by atoms with Crippen LogP contribution in [-0.2, 0) is 12.0 Å². The van der Waals surface area contributed by atoms with Gasteiger partial charge in [0.25, 0.3) is 0 Å². The first-order chi connectivity index (χ1) is 8.22. The second-order valence-corrected chi connectivity index (χ2v) is 5.71. The molecule has 92 valence electrons. The lowest BCUT2D eigenvalue weighted by Gasteiger charge is -2.49. The summed E-state index contributed by atoms with van der Waals surface area (Å²) in [5.41, 5.74) is 7.60. The number of rotatable bonds is 1. The van der Waals surface area contributed by atoms with Gasteiger partial charge in [0.2, 0.25) is 0 Å². The van der Waals surface area contributed by atoms with Gasteiger partial charge in [-0.25, -0.2) is 0 Å². The molecule has 3 rings (SSSR count). The third-order valence-electron chi connectivity index (χ3n) is 5.07. The lowest BCUT2D eigenvalue weighted by atomic mass is 9.60. The van der Waals surface area contributed by atoms with Gasteiger partial charge in [-0.15, -0.1) is 0 Å². The predicted octanol–water partition coefficient (Wildman–Crippen LogP) is 2.34. The average molecular weight is 231 g/mol. The van der Waals surface area contributed by atoms with Crippen LogP contribution < -0.4 is 5.73 Å². The highest BCUT2D eigenvalue weighted by Crippen LogP contribution is 2.56. The van der Waals surface area contributed by atoms with Crippen LogP contribution in [0.25, 0.3) is 0 Å². The highest BCUT2D eigenvalue weighted by molar-refractivity contribution is 5.38. The Morgan fingerprint density at radius 3 is 2.53 bits per heavy atom. The van der Waals surface area contributed by atoms with E-state index in [9.17, 15) is 5.11 Å². The van der Waals surface area contributed by atoms with Gasteiger partial charge in [-0.05, 0) is 36.8 Å². The van der Waals surface area contributed by atoms with E-state index in [1.807, 2.05) is 6.07 Å². The number of nitrogens with two attached hydrogens (primary N) is 1. The number of hydrogen-bond donors (Lipinski definition) is 2. The molecule has 1 spiro atoms. The SMILES string of the molecule is NCC1(O)c2ccccc2CCC12CCCC2. The van der Waals surface area contributed by atoms with E-state index < -0.39 is 5.60 Å². The first-order valence-corrected chi connectivity index (χ1v) is 6.73. The second-order valence-electron chi connectivity index (χ2n) is 5.71. The van der Waals surface area contributed by atoms with Gasteiger partial charge in [-0.1, -0.05) is 37.1 Å². The smallest absolute Gasteiger partial charge is 0.108 e. The van der Waals surface area contributed by atoms with Gasteiger partial charge in [0.15, 0.2) is 0 Å². The summed E-state index contributed by atoms with van der Waals surface area (Å²) in [5.74, 6) is 0. The summed E-state index contributed by atoms with van der Waals surface area (Å²) >= 11 is 0. The van der Waals surface area contributed by atoms with Gasteiger partial charge < -0.3 is 10.8 Å². The van der Waals surface area contributed by atoms with E-state index in [1.165, 1.54) is 18.4 Å². The Bertz CT molecular complexity index is 423. The first kappa shape index (κ1) is 11.2. The molecule has 1 aromatic carbocycles. The maximum absolute atomic E-state index is 11.2. The molecule has 0 radical (unpaired) electrons. The van der Waals surface area contributed by atoms with Gasteiger partial charge in [0, 0.05) is 12.0 Å². The molecule has 0 amide bonds. The summed E-state index contributed by atoms with van der Waals surface area (Å²) in [6.45, 7) is 0.351. The molecule has 0 aromatic heterocycles. The largest absolute Gasteiger partial charge is 0.383 e. The van der Waals surface area contributed by atoms with Crippen molar-refractivity contribution in [3.8, 4) is 0 Å². The van der Waals surface area contributed by atoms with E-state index in [0.29, 0.717) is 6.54 Å². The molecule has 2 aliphatic carbocycles. The minimum Gasteiger partial charge on any atom is -0.383 e. The maximum Gasteiger partial charge on any atom is 0.108 e. The van der Waals surface area contributed by atoms with E-state index in [-0.39, 0.29) is 5.41 Å². The summed E-state index contributed by atoms with van der Waals surface area (Å²) in [4.78, 5) is 0. The van der Waals surface area contributed by atoms with Gasteiger partial charge >= 0.3 is 0 Å². The fourth-order valence-electron chi connectivity index (χ4n) is 4.05. The molecular formula is C15H21NO. The quantitative estimate of drug-likeness (QED) is 0.779. The molecule has 1 unspecified atom stereocenters. The van der Waals surface area contributed by atoms with E-state index >= 15 is 0 Å². The lowest BCUT2D eigenvalue weighted by molar-refractivity contribution is -0.0945. The van der Waals surface area contributed by atoms with Crippen LogP contribution >= 0.6 is 0 Å². The van der Waals surface area contributed by atoms with E-state index in [1.54, 1.807) is 0 Å². The Morgan fingerprint density at radius 2 is 1.82 bits per heavy atom. The summed E-state index contributed by atoms with van der Waals surface area (Å²) < 4.78 is 0. The normalized spacial score (nSPS) is 30.5. The molecule has 0 heterocycles. The Morgan fingerprint density at radius 1 is 1.12 bits per heavy atom. The summed E-state index contributed by atoms with van der Waals surface area (Å²) in [6.07, 6.45) is 6.94. The van der Waals surface area contributed by atoms with Gasteiger partial charge in [-0.3, -0.25) is 0 Å².